The van der Waals surface area contributed by atoms with Crippen LogP contribution in [0.4, 0.5) is 0 Å². The van der Waals surface area contributed by atoms with E-state index in [1.807, 2.05) is 6.08 Å². The summed E-state index contributed by atoms with van der Waals surface area (Å²) >= 11 is 0. The van der Waals surface area contributed by atoms with Gasteiger partial charge in [-0.15, -0.1) is 6.58 Å². The molecule has 0 atom stereocenters. The van der Waals surface area contributed by atoms with Crippen molar-refractivity contribution >= 4 is 7.12 Å². The van der Waals surface area contributed by atoms with Crippen molar-refractivity contribution in [2.45, 2.75) is 25.6 Å². The Hall–Kier alpha value is -0.275. The van der Waals surface area contributed by atoms with Gasteiger partial charge in [-0.1, -0.05) is 18.9 Å². The largest absolute Gasteiger partial charge is 0.451 e. The second-order valence-electron chi connectivity index (χ2n) is 2.05. The molecule has 0 unspecified atom stereocenters. The number of hydrogen-bond donors (Lipinski definition) is 2. The van der Waals surface area contributed by atoms with Crippen LogP contribution in [0, 0.1) is 0 Å². The van der Waals surface area contributed by atoms with Crippen molar-refractivity contribution in [1.29, 1.82) is 0 Å². The minimum Gasteiger partial charge on any atom is -0.427 e. The van der Waals surface area contributed by atoms with Gasteiger partial charge in [-0.25, -0.2) is 0 Å². The molecule has 0 radical (unpaired) electrons. The SMILES string of the molecule is C=CCCCCB(O)O. The number of rotatable bonds is 5. The lowest BCUT2D eigenvalue weighted by atomic mass is 9.83. The lowest BCUT2D eigenvalue weighted by Crippen LogP contribution is -2.09. The van der Waals surface area contributed by atoms with Crippen LogP contribution in [-0.4, -0.2) is 17.2 Å². The zero-order valence-corrected chi connectivity index (χ0v) is 5.58. The summed E-state index contributed by atoms with van der Waals surface area (Å²) in [5.74, 6) is 0. The fourth-order valence-corrected chi connectivity index (χ4v) is 0.616. The van der Waals surface area contributed by atoms with E-state index in [0.717, 1.165) is 19.3 Å². The number of allylic oxidation sites excluding steroid dienone is 1. The first-order chi connectivity index (χ1) is 4.27. The lowest BCUT2D eigenvalue weighted by molar-refractivity contribution is 0.402. The molecule has 2 N–H and O–H groups in total. The predicted molar refractivity (Wildman–Crippen MR) is 39.0 cm³/mol. The van der Waals surface area contributed by atoms with Gasteiger partial charge in [0.2, 0.25) is 0 Å². The van der Waals surface area contributed by atoms with E-state index >= 15 is 0 Å². The maximum absolute atomic E-state index is 8.38. The van der Waals surface area contributed by atoms with E-state index in [9.17, 15) is 0 Å². The molecule has 0 saturated carbocycles. The van der Waals surface area contributed by atoms with Gasteiger partial charge < -0.3 is 10.0 Å². The Morgan fingerprint density at radius 2 is 2.00 bits per heavy atom. The summed E-state index contributed by atoms with van der Waals surface area (Å²) in [6.45, 7) is 3.55. The van der Waals surface area contributed by atoms with Gasteiger partial charge in [-0.05, 0) is 12.7 Å². The van der Waals surface area contributed by atoms with E-state index < -0.39 is 7.12 Å². The molecule has 0 aliphatic rings. The first-order valence-corrected chi connectivity index (χ1v) is 3.24. The first kappa shape index (κ1) is 8.72. The highest BCUT2D eigenvalue weighted by molar-refractivity contribution is 6.40. The molecule has 52 valence electrons. The highest BCUT2D eigenvalue weighted by atomic mass is 16.4. The molecule has 0 heterocycles. The van der Waals surface area contributed by atoms with Gasteiger partial charge in [0.15, 0.2) is 0 Å². The Kier molecular flexibility index (Phi) is 5.68. The minimum absolute atomic E-state index is 0.480. The third kappa shape index (κ3) is 7.72. The standard InChI is InChI=1S/C6H13BO2/c1-2-3-4-5-6-7(8)9/h2,8-9H,1,3-6H2. The quantitative estimate of drug-likeness (QED) is 0.326. The molecule has 0 spiro atoms. The third-order valence-corrected chi connectivity index (χ3v) is 1.12. The summed E-state index contributed by atoms with van der Waals surface area (Å²) in [5, 5.41) is 16.8. The van der Waals surface area contributed by atoms with Gasteiger partial charge in [0.05, 0.1) is 0 Å². The van der Waals surface area contributed by atoms with Gasteiger partial charge in [-0.3, -0.25) is 0 Å². The summed E-state index contributed by atoms with van der Waals surface area (Å²) in [4.78, 5) is 0. The summed E-state index contributed by atoms with van der Waals surface area (Å²) in [6, 6.07) is 0. The molecule has 0 rings (SSSR count). The van der Waals surface area contributed by atoms with Crippen LogP contribution in [0.25, 0.3) is 0 Å². The van der Waals surface area contributed by atoms with E-state index in [1.165, 1.54) is 0 Å². The highest BCUT2D eigenvalue weighted by Crippen LogP contribution is 2.00. The summed E-state index contributed by atoms with van der Waals surface area (Å²) < 4.78 is 0. The van der Waals surface area contributed by atoms with Gasteiger partial charge in [0, 0.05) is 0 Å². The van der Waals surface area contributed by atoms with E-state index in [4.69, 9.17) is 10.0 Å². The second kappa shape index (κ2) is 5.85. The molecular formula is C6H13BO2. The Bertz CT molecular complexity index is 73.5. The molecule has 9 heavy (non-hydrogen) atoms. The molecular weight excluding hydrogens is 115 g/mol. The maximum atomic E-state index is 8.38. The summed E-state index contributed by atoms with van der Waals surface area (Å²) in [6.07, 6.45) is 5.15. The molecule has 0 aromatic carbocycles. The molecule has 0 aliphatic carbocycles. The van der Waals surface area contributed by atoms with Gasteiger partial charge in [0.1, 0.15) is 0 Å². The molecule has 3 heteroatoms. The fourth-order valence-electron chi connectivity index (χ4n) is 0.616. The van der Waals surface area contributed by atoms with E-state index in [2.05, 4.69) is 6.58 Å². The monoisotopic (exact) mass is 128 g/mol. The van der Waals surface area contributed by atoms with Crippen molar-refractivity contribution in [3.05, 3.63) is 12.7 Å². The number of unbranched alkanes of at least 4 members (excludes halogenated alkanes) is 2. The van der Waals surface area contributed by atoms with E-state index in [0.29, 0.717) is 6.32 Å². The van der Waals surface area contributed by atoms with Crippen LogP contribution < -0.4 is 0 Å². The van der Waals surface area contributed by atoms with Gasteiger partial charge >= 0.3 is 7.12 Å². The van der Waals surface area contributed by atoms with Crippen molar-refractivity contribution in [3.8, 4) is 0 Å². The zero-order valence-electron chi connectivity index (χ0n) is 5.58. The molecule has 0 amide bonds. The molecule has 0 aliphatic heterocycles. The Morgan fingerprint density at radius 3 is 2.44 bits per heavy atom. The molecule has 0 aromatic rings. The van der Waals surface area contributed by atoms with Gasteiger partial charge in [0.25, 0.3) is 0 Å². The Balaban J connectivity index is 2.82. The van der Waals surface area contributed by atoms with Crippen LogP contribution in [0.1, 0.15) is 19.3 Å². The van der Waals surface area contributed by atoms with E-state index in [1.54, 1.807) is 0 Å². The van der Waals surface area contributed by atoms with Crippen LogP contribution in [0.5, 0.6) is 0 Å². The molecule has 0 aromatic heterocycles. The van der Waals surface area contributed by atoms with Crippen molar-refractivity contribution in [3.63, 3.8) is 0 Å². The molecule has 2 nitrogen and oxygen atoms in total. The van der Waals surface area contributed by atoms with Crippen LogP contribution in [0.15, 0.2) is 12.7 Å². The van der Waals surface area contributed by atoms with Crippen molar-refractivity contribution in [2.75, 3.05) is 0 Å². The fraction of sp³-hybridized carbons (Fsp3) is 0.667. The Labute approximate surface area is 56.4 Å². The van der Waals surface area contributed by atoms with Crippen molar-refractivity contribution in [2.24, 2.45) is 0 Å². The lowest BCUT2D eigenvalue weighted by Gasteiger charge is -1.95. The molecule has 0 fully saturated rings. The van der Waals surface area contributed by atoms with Crippen LogP contribution >= 0.6 is 0 Å². The number of hydrogen-bond acceptors (Lipinski definition) is 2. The predicted octanol–water partition coefficient (Wildman–Crippen LogP) is 0.815. The van der Waals surface area contributed by atoms with Crippen LogP contribution in [-0.2, 0) is 0 Å². The van der Waals surface area contributed by atoms with Crippen LogP contribution in [0.2, 0.25) is 6.32 Å². The Morgan fingerprint density at radius 1 is 1.33 bits per heavy atom. The van der Waals surface area contributed by atoms with E-state index in [-0.39, 0.29) is 0 Å². The molecule has 0 bridgehead atoms. The first-order valence-electron chi connectivity index (χ1n) is 3.24. The minimum atomic E-state index is -1.13. The highest BCUT2D eigenvalue weighted by Gasteiger charge is 2.03. The zero-order chi connectivity index (χ0) is 7.11. The smallest absolute Gasteiger partial charge is 0.427 e. The summed E-state index contributed by atoms with van der Waals surface area (Å²) in [5.41, 5.74) is 0. The van der Waals surface area contributed by atoms with Crippen LogP contribution in [0.3, 0.4) is 0 Å². The molecule has 0 saturated heterocycles. The van der Waals surface area contributed by atoms with Crippen molar-refractivity contribution < 1.29 is 10.0 Å². The second-order valence-corrected chi connectivity index (χ2v) is 2.05. The average Bonchev–Trinajstić information content (AvgIpc) is 1.80. The third-order valence-electron chi connectivity index (χ3n) is 1.12. The average molecular weight is 128 g/mol. The normalized spacial score (nSPS) is 9.11. The van der Waals surface area contributed by atoms with Gasteiger partial charge in [-0.2, -0.15) is 0 Å². The topological polar surface area (TPSA) is 40.5 Å². The summed E-state index contributed by atoms with van der Waals surface area (Å²) in [7, 11) is -1.13. The maximum Gasteiger partial charge on any atom is 0.451 e. The van der Waals surface area contributed by atoms with Crippen molar-refractivity contribution in [1.82, 2.24) is 0 Å².